The van der Waals surface area contributed by atoms with E-state index in [1.165, 1.54) is 0 Å². The Labute approximate surface area is 142 Å². The summed E-state index contributed by atoms with van der Waals surface area (Å²) in [6.45, 7) is 6.63. The van der Waals surface area contributed by atoms with E-state index in [1.54, 1.807) is 0 Å². The Kier molecular flexibility index (Phi) is 6.29. The van der Waals surface area contributed by atoms with Crippen molar-refractivity contribution in [3.8, 4) is 0 Å². The van der Waals surface area contributed by atoms with Gasteiger partial charge in [-0.2, -0.15) is 0 Å². The standard InChI is InChI=1S/C18H22ClN3O/c1-3-22(4-2)17-11-9-16(10-12-17)21-18(23)20-13-14-5-7-15(19)8-6-14/h5-12H,3-4,13H2,1-2H3,(H2,20,21,23). The van der Waals surface area contributed by atoms with Crippen LogP contribution in [-0.2, 0) is 6.54 Å². The molecule has 0 aliphatic rings. The van der Waals surface area contributed by atoms with Crippen molar-refractivity contribution in [1.29, 1.82) is 0 Å². The van der Waals surface area contributed by atoms with Gasteiger partial charge < -0.3 is 15.5 Å². The molecule has 0 aliphatic heterocycles. The number of carbonyl (C=O) groups is 1. The maximum absolute atomic E-state index is 11.9. The fraction of sp³-hybridized carbons (Fsp3) is 0.278. The van der Waals surface area contributed by atoms with Crippen molar-refractivity contribution in [2.75, 3.05) is 23.3 Å². The second-order valence-corrected chi connectivity index (χ2v) is 5.59. The van der Waals surface area contributed by atoms with Crippen LogP contribution >= 0.6 is 11.6 Å². The van der Waals surface area contributed by atoms with Crippen LogP contribution in [0.15, 0.2) is 48.5 Å². The number of halogens is 1. The zero-order chi connectivity index (χ0) is 16.7. The summed E-state index contributed by atoms with van der Waals surface area (Å²) in [5, 5.41) is 6.34. The van der Waals surface area contributed by atoms with E-state index in [-0.39, 0.29) is 6.03 Å². The van der Waals surface area contributed by atoms with E-state index in [4.69, 9.17) is 11.6 Å². The lowest BCUT2D eigenvalue weighted by molar-refractivity contribution is 0.251. The molecule has 0 saturated carbocycles. The molecular formula is C18H22ClN3O. The van der Waals surface area contributed by atoms with Crippen LogP contribution in [0.4, 0.5) is 16.2 Å². The largest absolute Gasteiger partial charge is 0.372 e. The summed E-state index contributed by atoms with van der Waals surface area (Å²) in [5.41, 5.74) is 2.93. The van der Waals surface area contributed by atoms with E-state index in [1.807, 2.05) is 48.5 Å². The van der Waals surface area contributed by atoms with Crippen LogP contribution in [0.3, 0.4) is 0 Å². The summed E-state index contributed by atoms with van der Waals surface area (Å²) in [6.07, 6.45) is 0. The van der Waals surface area contributed by atoms with Crippen molar-refractivity contribution < 1.29 is 4.79 Å². The number of benzene rings is 2. The molecule has 2 N–H and O–H groups in total. The zero-order valence-corrected chi connectivity index (χ0v) is 14.2. The van der Waals surface area contributed by atoms with Crippen molar-refractivity contribution >= 4 is 29.0 Å². The third-order valence-corrected chi connectivity index (χ3v) is 3.87. The van der Waals surface area contributed by atoms with Gasteiger partial charge in [-0.3, -0.25) is 0 Å². The molecule has 0 saturated heterocycles. The van der Waals surface area contributed by atoms with E-state index in [0.717, 1.165) is 30.0 Å². The summed E-state index contributed by atoms with van der Waals surface area (Å²) < 4.78 is 0. The zero-order valence-electron chi connectivity index (χ0n) is 13.5. The monoisotopic (exact) mass is 331 g/mol. The molecule has 122 valence electrons. The van der Waals surface area contributed by atoms with Gasteiger partial charge in [-0.1, -0.05) is 23.7 Å². The average Bonchev–Trinajstić information content (AvgIpc) is 2.57. The molecule has 23 heavy (non-hydrogen) atoms. The second-order valence-electron chi connectivity index (χ2n) is 5.15. The highest BCUT2D eigenvalue weighted by atomic mass is 35.5. The summed E-state index contributed by atoms with van der Waals surface area (Å²) in [5.74, 6) is 0. The van der Waals surface area contributed by atoms with Gasteiger partial charge >= 0.3 is 6.03 Å². The van der Waals surface area contributed by atoms with Gasteiger partial charge in [-0.15, -0.1) is 0 Å². The molecular weight excluding hydrogens is 310 g/mol. The maximum Gasteiger partial charge on any atom is 0.319 e. The molecule has 0 radical (unpaired) electrons. The fourth-order valence-electron chi connectivity index (χ4n) is 2.30. The average molecular weight is 332 g/mol. The summed E-state index contributed by atoms with van der Waals surface area (Å²) in [6, 6.07) is 15.0. The minimum absolute atomic E-state index is 0.226. The Morgan fingerprint density at radius 2 is 1.61 bits per heavy atom. The molecule has 2 aromatic carbocycles. The number of nitrogens with one attached hydrogen (secondary N) is 2. The highest BCUT2D eigenvalue weighted by Gasteiger charge is 2.04. The Hall–Kier alpha value is -2.20. The van der Waals surface area contributed by atoms with E-state index >= 15 is 0 Å². The lowest BCUT2D eigenvalue weighted by Gasteiger charge is -2.21. The predicted molar refractivity (Wildman–Crippen MR) is 97.3 cm³/mol. The Morgan fingerprint density at radius 3 is 2.17 bits per heavy atom. The van der Waals surface area contributed by atoms with Crippen molar-refractivity contribution in [1.82, 2.24) is 5.32 Å². The van der Waals surface area contributed by atoms with Gasteiger partial charge in [-0.05, 0) is 55.8 Å². The third kappa shape index (κ3) is 5.18. The number of nitrogens with zero attached hydrogens (tertiary/aromatic N) is 1. The van der Waals surface area contributed by atoms with Gasteiger partial charge in [0, 0.05) is 36.0 Å². The van der Waals surface area contributed by atoms with E-state index < -0.39 is 0 Å². The van der Waals surface area contributed by atoms with Crippen LogP contribution in [0.1, 0.15) is 19.4 Å². The van der Waals surface area contributed by atoms with Gasteiger partial charge in [0.1, 0.15) is 0 Å². The van der Waals surface area contributed by atoms with E-state index in [2.05, 4.69) is 29.4 Å². The highest BCUT2D eigenvalue weighted by Crippen LogP contribution is 2.17. The lowest BCUT2D eigenvalue weighted by Crippen LogP contribution is -2.28. The van der Waals surface area contributed by atoms with Gasteiger partial charge in [0.15, 0.2) is 0 Å². The first-order chi connectivity index (χ1) is 11.1. The molecule has 2 rings (SSSR count). The predicted octanol–water partition coefficient (Wildman–Crippen LogP) is 4.51. The van der Waals surface area contributed by atoms with Crippen LogP contribution in [-0.4, -0.2) is 19.1 Å². The SMILES string of the molecule is CCN(CC)c1ccc(NC(=O)NCc2ccc(Cl)cc2)cc1. The van der Waals surface area contributed by atoms with Crippen molar-refractivity contribution in [2.45, 2.75) is 20.4 Å². The first-order valence-electron chi connectivity index (χ1n) is 7.76. The number of carbonyl (C=O) groups excluding carboxylic acids is 1. The summed E-state index contributed by atoms with van der Waals surface area (Å²) >= 11 is 5.83. The number of rotatable bonds is 6. The smallest absolute Gasteiger partial charge is 0.319 e. The van der Waals surface area contributed by atoms with Crippen LogP contribution in [0.5, 0.6) is 0 Å². The maximum atomic E-state index is 11.9. The fourth-order valence-corrected chi connectivity index (χ4v) is 2.43. The second kappa shape index (κ2) is 8.44. The molecule has 0 bridgehead atoms. The quantitative estimate of drug-likeness (QED) is 0.818. The van der Waals surface area contributed by atoms with Gasteiger partial charge in [0.25, 0.3) is 0 Å². The van der Waals surface area contributed by atoms with Crippen LogP contribution < -0.4 is 15.5 Å². The van der Waals surface area contributed by atoms with Gasteiger partial charge in [-0.25, -0.2) is 4.79 Å². The molecule has 0 atom stereocenters. The normalized spacial score (nSPS) is 10.2. The van der Waals surface area contributed by atoms with Crippen molar-refractivity contribution in [2.24, 2.45) is 0 Å². The molecule has 2 amide bonds. The molecule has 0 heterocycles. The van der Waals surface area contributed by atoms with Gasteiger partial charge in [0.2, 0.25) is 0 Å². The molecule has 0 aliphatic carbocycles. The summed E-state index contributed by atoms with van der Waals surface area (Å²) in [4.78, 5) is 14.2. The minimum atomic E-state index is -0.226. The molecule has 0 spiro atoms. The van der Waals surface area contributed by atoms with Crippen LogP contribution in [0.25, 0.3) is 0 Å². The Bertz CT molecular complexity index is 622. The van der Waals surface area contributed by atoms with E-state index in [0.29, 0.717) is 11.6 Å². The number of amides is 2. The summed E-state index contributed by atoms with van der Waals surface area (Å²) in [7, 11) is 0. The lowest BCUT2D eigenvalue weighted by atomic mass is 10.2. The van der Waals surface area contributed by atoms with E-state index in [9.17, 15) is 4.79 Å². The number of anilines is 2. The molecule has 0 fully saturated rings. The highest BCUT2D eigenvalue weighted by molar-refractivity contribution is 6.30. The first-order valence-corrected chi connectivity index (χ1v) is 8.14. The third-order valence-electron chi connectivity index (χ3n) is 3.62. The van der Waals surface area contributed by atoms with Crippen LogP contribution in [0, 0.1) is 0 Å². The number of hydrogen-bond donors (Lipinski definition) is 2. The number of hydrogen-bond acceptors (Lipinski definition) is 2. The Morgan fingerprint density at radius 1 is 1.00 bits per heavy atom. The molecule has 4 nitrogen and oxygen atoms in total. The topological polar surface area (TPSA) is 44.4 Å². The van der Waals surface area contributed by atoms with Gasteiger partial charge in [0.05, 0.1) is 0 Å². The van der Waals surface area contributed by atoms with Crippen LogP contribution in [0.2, 0.25) is 5.02 Å². The minimum Gasteiger partial charge on any atom is -0.372 e. The molecule has 5 heteroatoms. The first kappa shape index (κ1) is 17.2. The molecule has 0 aromatic heterocycles. The Balaban J connectivity index is 1.86. The van der Waals surface area contributed by atoms with Crippen molar-refractivity contribution in [3.63, 3.8) is 0 Å². The van der Waals surface area contributed by atoms with Crippen molar-refractivity contribution in [3.05, 3.63) is 59.1 Å². The molecule has 0 unspecified atom stereocenters. The molecule has 2 aromatic rings. The number of urea groups is 1.